The molecule has 0 atom stereocenters. The van der Waals surface area contributed by atoms with Gasteiger partial charge in [-0.05, 0) is 42.8 Å². The van der Waals surface area contributed by atoms with E-state index in [4.69, 9.17) is 5.73 Å². The molecule has 172 valence electrons. The number of para-hydroxylation sites is 3. The Kier molecular flexibility index (Phi) is 4.68. The number of aromatic nitrogens is 4. The standard InChI is InChI=1S/C26H20N6O2S/c1-16-7-6-8-18(13-16)35(33,34)24-23-26(31-22-12-5-4-11-21(22)30-23)32(25(24)27)29-15-17-14-28-20-10-3-2-9-19(17)20/h2-15,28H,27H2,1H3/b29-15-. The maximum Gasteiger partial charge on any atom is 0.212 e. The van der Waals surface area contributed by atoms with Gasteiger partial charge in [-0.1, -0.05) is 42.5 Å². The summed E-state index contributed by atoms with van der Waals surface area (Å²) in [4.78, 5) is 12.6. The molecular weight excluding hydrogens is 460 g/mol. The minimum atomic E-state index is -4.00. The van der Waals surface area contributed by atoms with Crippen LogP contribution in [-0.2, 0) is 9.84 Å². The first-order chi connectivity index (χ1) is 16.9. The van der Waals surface area contributed by atoms with Gasteiger partial charge in [-0.15, -0.1) is 0 Å². The highest BCUT2D eigenvalue weighted by Crippen LogP contribution is 2.35. The van der Waals surface area contributed by atoms with Crippen molar-refractivity contribution in [1.29, 1.82) is 0 Å². The fourth-order valence-electron chi connectivity index (χ4n) is 4.23. The van der Waals surface area contributed by atoms with Crippen LogP contribution in [0.4, 0.5) is 5.82 Å². The number of nitrogens with zero attached hydrogens (tertiary/aromatic N) is 4. The van der Waals surface area contributed by atoms with Gasteiger partial charge >= 0.3 is 0 Å². The Balaban J connectivity index is 1.63. The van der Waals surface area contributed by atoms with Crippen molar-refractivity contribution in [2.24, 2.45) is 5.10 Å². The molecule has 0 aliphatic heterocycles. The van der Waals surface area contributed by atoms with Crippen molar-refractivity contribution >= 4 is 55.0 Å². The first-order valence-corrected chi connectivity index (χ1v) is 12.4. The number of sulfone groups is 1. The average Bonchev–Trinajstić information content (AvgIpc) is 3.39. The molecule has 0 radical (unpaired) electrons. The second kappa shape index (κ2) is 7.78. The first-order valence-electron chi connectivity index (χ1n) is 10.9. The maximum atomic E-state index is 13.8. The summed E-state index contributed by atoms with van der Waals surface area (Å²) in [7, 11) is -4.00. The highest BCUT2D eigenvalue weighted by Gasteiger charge is 2.30. The fraction of sp³-hybridized carbons (Fsp3) is 0.0385. The van der Waals surface area contributed by atoms with Gasteiger partial charge in [0.2, 0.25) is 9.84 Å². The lowest BCUT2D eigenvalue weighted by Crippen LogP contribution is -2.07. The van der Waals surface area contributed by atoms with Crippen LogP contribution in [0.1, 0.15) is 11.1 Å². The van der Waals surface area contributed by atoms with Gasteiger partial charge in [0.1, 0.15) is 16.2 Å². The molecular formula is C26H20N6O2S. The van der Waals surface area contributed by atoms with Gasteiger partial charge < -0.3 is 10.7 Å². The van der Waals surface area contributed by atoms with Gasteiger partial charge in [0.05, 0.1) is 22.1 Å². The lowest BCUT2D eigenvalue weighted by molar-refractivity contribution is 0.597. The molecule has 0 spiro atoms. The van der Waals surface area contributed by atoms with Crippen molar-refractivity contribution in [3.05, 3.63) is 90.1 Å². The zero-order valence-corrected chi connectivity index (χ0v) is 19.5. The number of fused-ring (bicyclic) bond motifs is 3. The predicted molar refractivity (Wildman–Crippen MR) is 137 cm³/mol. The van der Waals surface area contributed by atoms with E-state index < -0.39 is 9.84 Å². The molecule has 0 amide bonds. The van der Waals surface area contributed by atoms with Crippen LogP contribution in [0.5, 0.6) is 0 Å². The van der Waals surface area contributed by atoms with Gasteiger partial charge in [0, 0.05) is 22.7 Å². The van der Waals surface area contributed by atoms with E-state index in [0.717, 1.165) is 22.0 Å². The molecule has 3 N–H and O–H groups in total. The normalized spacial score (nSPS) is 12.4. The van der Waals surface area contributed by atoms with E-state index in [2.05, 4.69) is 20.1 Å². The Morgan fingerprint density at radius 2 is 1.71 bits per heavy atom. The van der Waals surface area contributed by atoms with Crippen molar-refractivity contribution < 1.29 is 8.42 Å². The Bertz CT molecular complexity index is 1900. The molecule has 0 unspecified atom stereocenters. The number of nitrogens with two attached hydrogens (primary N) is 1. The van der Waals surface area contributed by atoms with E-state index in [9.17, 15) is 8.42 Å². The van der Waals surface area contributed by atoms with Gasteiger partial charge in [-0.3, -0.25) is 0 Å². The third-order valence-corrected chi connectivity index (χ3v) is 7.75. The summed E-state index contributed by atoms with van der Waals surface area (Å²) in [5.41, 5.74) is 10.7. The number of nitrogen functional groups attached to an aromatic ring is 1. The monoisotopic (exact) mass is 480 g/mol. The number of benzene rings is 3. The summed E-state index contributed by atoms with van der Waals surface area (Å²) >= 11 is 0. The van der Waals surface area contributed by atoms with E-state index in [1.807, 2.05) is 61.7 Å². The molecule has 0 fully saturated rings. The second-order valence-corrected chi connectivity index (χ2v) is 10.2. The largest absolute Gasteiger partial charge is 0.382 e. The summed E-state index contributed by atoms with van der Waals surface area (Å²) in [5.74, 6) is -0.0482. The number of aryl methyl sites for hydroxylation is 1. The topological polar surface area (TPSA) is 119 Å². The zero-order valence-electron chi connectivity index (χ0n) is 18.7. The Morgan fingerprint density at radius 3 is 2.51 bits per heavy atom. The molecule has 0 saturated heterocycles. The molecule has 0 bridgehead atoms. The summed E-state index contributed by atoms with van der Waals surface area (Å²) in [5, 5.41) is 5.54. The number of H-pyrrole nitrogens is 1. The van der Waals surface area contributed by atoms with Gasteiger partial charge in [-0.2, -0.15) is 9.78 Å². The fourth-order valence-corrected chi connectivity index (χ4v) is 5.81. The van der Waals surface area contributed by atoms with Crippen LogP contribution in [0, 0.1) is 6.92 Å². The number of rotatable bonds is 4. The van der Waals surface area contributed by atoms with Crippen LogP contribution in [0.25, 0.3) is 33.1 Å². The lowest BCUT2D eigenvalue weighted by atomic mass is 10.2. The molecule has 3 aromatic carbocycles. The third kappa shape index (κ3) is 3.36. The van der Waals surface area contributed by atoms with Crippen molar-refractivity contribution in [3.63, 3.8) is 0 Å². The molecule has 8 nitrogen and oxygen atoms in total. The number of nitrogens with one attached hydrogen (secondary N) is 1. The Hall–Kier alpha value is -4.50. The highest BCUT2D eigenvalue weighted by atomic mass is 32.2. The summed E-state index contributed by atoms with van der Waals surface area (Å²) < 4.78 is 28.9. The highest BCUT2D eigenvalue weighted by molar-refractivity contribution is 7.92. The maximum absolute atomic E-state index is 13.8. The van der Waals surface area contributed by atoms with E-state index >= 15 is 0 Å². The predicted octanol–water partition coefficient (Wildman–Crippen LogP) is 4.67. The van der Waals surface area contributed by atoms with Crippen molar-refractivity contribution in [2.75, 3.05) is 5.73 Å². The minimum Gasteiger partial charge on any atom is -0.382 e. The van der Waals surface area contributed by atoms with E-state index in [-0.39, 0.29) is 26.8 Å². The summed E-state index contributed by atoms with van der Waals surface area (Å²) in [6.07, 6.45) is 3.47. The lowest BCUT2D eigenvalue weighted by Gasteiger charge is -2.05. The van der Waals surface area contributed by atoms with Crippen LogP contribution >= 0.6 is 0 Å². The summed E-state index contributed by atoms with van der Waals surface area (Å²) in [6, 6.07) is 21.8. The molecule has 0 aliphatic carbocycles. The number of hydrogen-bond donors (Lipinski definition) is 2. The van der Waals surface area contributed by atoms with E-state index in [1.54, 1.807) is 30.5 Å². The molecule has 3 heterocycles. The molecule has 0 aliphatic rings. The Labute approximate surface area is 200 Å². The van der Waals surface area contributed by atoms with Crippen LogP contribution in [0.2, 0.25) is 0 Å². The Morgan fingerprint density at radius 1 is 0.971 bits per heavy atom. The van der Waals surface area contributed by atoms with E-state index in [1.165, 1.54) is 4.68 Å². The number of aromatic amines is 1. The minimum absolute atomic E-state index is 0.0482. The third-order valence-electron chi connectivity index (χ3n) is 5.93. The van der Waals surface area contributed by atoms with Crippen LogP contribution in [0.15, 0.2) is 93.9 Å². The summed E-state index contributed by atoms with van der Waals surface area (Å²) in [6.45, 7) is 1.84. The smallest absolute Gasteiger partial charge is 0.212 e. The molecule has 3 aromatic heterocycles. The molecule has 6 aromatic rings. The quantitative estimate of drug-likeness (QED) is 0.355. The number of anilines is 1. The second-order valence-electron chi connectivity index (χ2n) is 8.26. The molecule has 0 saturated carbocycles. The SMILES string of the molecule is Cc1cccc(S(=O)(=O)c2c(N)n(/N=C\c3c[nH]c4ccccc34)c3nc4ccccc4nc23)c1. The number of hydrogen-bond acceptors (Lipinski definition) is 6. The van der Waals surface area contributed by atoms with Crippen LogP contribution in [-0.4, -0.2) is 34.3 Å². The van der Waals surface area contributed by atoms with Crippen molar-refractivity contribution in [2.45, 2.75) is 16.7 Å². The van der Waals surface area contributed by atoms with Gasteiger partial charge in [0.25, 0.3) is 0 Å². The van der Waals surface area contributed by atoms with Crippen molar-refractivity contribution in [1.82, 2.24) is 19.6 Å². The zero-order chi connectivity index (χ0) is 24.2. The van der Waals surface area contributed by atoms with E-state index in [0.29, 0.717) is 11.0 Å². The van der Waals surface area contributed by atoms with Gasteiger partial charge in [-0.25, -0.2) is 18.4 Å². The first kappa shape index (κ1) is 21.1. The molecule has 9 heteroatoms. The van der Waals surface area contributed by atoms with Gasteiger partial charge in [0.15, 0.2) is 5.65 Å². The van der Waals surface area contributed by atoms with Crippen molar-refractivity contribution in [3.8, 4) is 0 Å². The average molecular weight is 481 g/mol. The molecule has 35 heavy (non-hydrogen) atoms. The molecule has 6 rings (SSSR count). The van der Waals surface area contributed by atoms with Crippen LogP contribution in [0.3, 0.4) is 0 Å². The van der Waals surface area contributed by atoms with Crippen LogP contribution < -0.4 is 5.73 Å².